The second-order valence-electron chi connectivity index (χ2n) is 4.23. The summed E-state index contributed by atoms with van der Waals surface area (Å²) in [5, 5.41) is 0.936. The van der Waals surface area contributed by atoms with Crippen LogP contribution in [0.25, 0.3) is 10.9 Å². The zero-order valence-electron chi connectivity index (χ0n) is 9.00. The molecule has 1 aromatic heterocycles. The summed E-state index contributed by atoms with van der Waals surface area (Å²) in [6.45, 7) is 4.32. The Morgan fingerprint density at radius 3 is 2.80 bits per heavy atom. The summed E-state index contributed by atoms with van der Waals surface area (Å²) >= 11 is 0. The Balaban J connectivity index is 2.58. The summed E-state index contributed by atoms with van der Waals surface area (Å²) in [6, 6.07) is 6.73. The number of fused-ring (bicyclic) bond motifs is 1. The van der Waals surface area contributed by atoms with Gasteiger partial charge in [-0.25, -0.2) is 4.39 Å². The molecule has 0 fully saturated rings. The van der Waals surface area contributed by atoms with Gasteiger partial charge in [0.25, 0.3) is 0 Å². The molecule has 0 radical (unpaired) electrons. The van der Waals surface area contributed by atoms with Crippen LogP contribution in [0.2, 0.25) is 0 Å². The van der Waals surface area contributed by atoms with E-state index in [0.29, 0.717) is 5.92 Å². The SMILES string of the molecule is CC(C)Cc1ccnc2ccc(F)cc12. The van der Waals surface area contributed by atoms with Crippen LogP contribution in [0.5, 0.6) is 0 Å². The van der Waals surface area contributed by atoms with Gasteiger partial charge in [0, 0.05) is 11.6 Å². The summed E-state index contributed by atoms with van der Waals surface area (Å²) in [5.74, 6) is 0.374. The summed E-state index contributed by atoms with van der Waals surface area (Å²) in [7, 11) is 0. The number of pyridine rings is 1. The van der Waals surface area contributed by atoms with E-state index < -0.39 is 0 Å². The van der Waals surface area contributed by atoms with E-state index in [2.05, 4.69) is 18.8 Å². The molecule has 1 heterocycles. The monoisotopic (exact) mass is 203 g/mol. The van der Waals surface area contributed by atoms with Crippen molar-refractivity contribution in [2.75, 3.05) is 0 Å². The fourth-order valence-electron chi connectivity index (χ4n) is 1.79. The number of hydrogen-bond acceptors (Lipinski definition) is 1. The molecule has 2 rings (SSSR count). The number of halogens is 1. The Hall–Kier alpha value is -1.44. The third-order valence-corrected chi connectivity index (χ3v) is 2.42. The smallest absolute Gasteiger partial charge is 0.123 e. The molecule has 0 aliphatic carbocycles. The molecule has 2 heteroatoms. The quantitative estimate of drug-likeness (QED) is 0.727. The average molecular weight is 203 g/mol. The molecule has 0 saturated heterocycles. The van der Waals surface area contributed by atoms with Crippen LogP contribution in [0.1, 0.15) is 19.4 Å². The molecular formula is C13H14FN. The van der Waals surface area contributed by atoms with Crippen molar-refractivity contribution < 1.29 is 4.39 Å². The fourth-order valence-corrected chi connectivity index (χ4v) is 1.79. The van der Waals surface area contributed by atoms with E-state index in [0.717, 1.165) is 17.3 Å². The van der Waals surface area contributed by atoms with Crippen molar-refractivity contribution in [3.63, 3.8) is 0 Å². The summed E-state index contributed by atoms with van der Waals surface area (Å²) in [5.41, 5.74) is 2.05. The van der Waals surface area contributed by atoms with Crippen molar-refractivity contribution in [2.24, 2.45) is 5.92 Å². The van der Waals surface area contributed by atoms with Crippen LogP contribution in [0, 0.1) is 11.7 Å². The molecule has 0 amide bonds. The summed E-state index contributed by atoms with van der Waals surface area (Å²) in [6.07, 6.45) is 2.75. The Labute approximate surface area is 89.0 Å². The van der Waals surface area contributed by atoms with Crippen molar-refractivity contribution in [1.29, 1.82) is 0 Å². The molecular weight excluding hydrogens is 189 g/mol. The molecule has 0 atom stereocenters. The molecule has 0 aliphatic rings. The van der Waals surface area contributed by atoms with Crippen LogP contribution in [0.15, 0.2) is 30.5 Å². The predicted octanol–water partition coefficient (Wildman–Crippen LogP) is 3.57. The maximum Gasteiger partial charge on any atom is 0.123 e. The molecule has 0 spiro atoms. The third-order valence-electron chi connectivity index (χ3n) is 2.42. The van der Waals surface area contributed by atoms with Gasteiger partial charge in [-0.3, -0.25) is 4.98 Å². The highest BCUT2D eigenvalue weighted by Crippen LogP contribution is 2.20. The molecule has 1 nitrogen and oxygen atoms in total. The average Bonchev–Trinajstić information content (AvgIpc) is 2.18. The topological polar surface area (TPSA) is 12.9 Å². The zero-order valence-corrected chi connectivity index (χ0v) is 9.00. The highest BCUT2D eigenvalue weighted by Gasteiger charge is 2.04. The van der Waals surface area contributed by atoms with Crippen molar-refractivity contribution in [2.45, 2.75) is 20.3 Å². The van der Waals surface area contributed by atoms with E-state index in [1.807, 2.05) is 6.07 Å². The van der Waals surface area contributed by atoms with Crippen LogP contribution in [0.4, 0.5) is 4.39 Å². The summed E-state index contributed by atoms with van der Waals surface area (Å²) in [4.78, 5) is 4.22. The molecule has 1 aromatic carbocycles. The minimum Gasteiger partial charge on any atom is -0.256 e. The maximum absolute atomic E-state index is 13.1. The van der Waals surface area contributed by atoms with Gasteiger partial charge >= 0.3 is 0 Å². The van der Waals surface area contributed by atoms with Gasteiger partial charge in [0.15, 0.2) is 0 Å². The molecule has 0 unspecified atom stereocenters. The van der Waals surface area contributed by atoms with Crippen molar-refractivity contribution >= 4 is 10.9 Å². The highest BCUT2D eigenvalue weighted by atomic mass is 19.1. The standard InChI is InChI=1S/C13H14FN/c1-9(2)7-10-5-6-15-13-4-3-11(14)8-12(10)13/h3-6,8-9H,7H2,1-2H3. The lowest BCUT2D eigenvalue weighted by Gasteiger charge is -2.08. The first kappa shape index (κ1) is 10.1. The minimum absolute atomic E-state index is 0.194. The van der Waals surface area contributed by atoms with Gasteiger partial charge in [0.2, 0.25) is 0 Å². The van der Waals surface area contributed by atoms with E-state index in [1.54, 1.807) is 18.3 Å². The first-order valence-electron chi connectivity index (χ1n) is 5.20. The van der Waals surface area contributed by atoms with Gasteiger partial charge < -0.3 is 0 Å². The lowest BCUT2D eigenvalue weighted by Crippen LogP contribution is -1.96. The maximum atomic E-state index is 13.1. The molecule has 15 heavy (non-hydrogen) atoms. The Morgan fingerprint density at radius 1 is 1.27 bits per heavy atom. The first-order valence-corrected chi connectivity index (χ1v) is 5.20. The van der Waals surface area contributed by atoms with Crippen LogP contribution >= 0.6 is 0 Å². The molecule has 0 N–H and O–H groups in total. The number of rotatable bonds is 2. The van der Waals surface area contributed by atoms with E-state index in [1.165, 1.54) is 11.6 Å². The van der Waals surface area contributed by atoms with Crippen molar-refractivity contribution in [1.82, 2.24) is 4.98 Å². The number of benzene rings is 1. The number of aromatic nitrogens is 1. The molecule has 0 bridgehead atoms. The second-order valence-corrected chi connectivity index (χ2v) is 4.23. The van der Waals surface area contributed by atoms with Gasteiger partial charge in [-0.1, -0.05) is 13.8 Å². The minimum atomic E-state index is -0.194. The van der Waals surface area contributed by atoms with Gasteiger partial charge in [-0.15, -0.1) is 0 Å². The van der Waals surface area contributed by atoms with Gasteiger partial charge in [-0.05, 0) is 42.2 Å². The Morgan fingerprint density at radius 2 is 2.07 bits per heavy atom. The number of hydrogen-bond donors (Lipinski definition) is 0. The summed E-state index contributed by atoms with van der Waals surface area (Å²) < 4.78 is 13.1. The van der Waals surface area contributed by atoms with E-state index in [9.17, 15) is 4.39 Å². The van der Waals surface area contributed by atoms with E-state index in [4.69, 9.17) is 0 Å². The van der Waals surface area contributed by atoms with E-state index >= 15 is 0 Å². The molecule has 2 aromatic rings. The molecule has 0 aliphatic heterocycles. The highest BCUT2D eigenvalue weighted by molar-refractivity contribution is 5.81. The lowest BCUT2D eigenvalue weighted by molar-refractivity contribution is 0.628. The van der Waals surface area contributed by atoms with Gasteiger partial charge in [0.1, 0.15) is 5.82 Å². The third kappa shape index (κ3) is 2.14. The van der Waals surface area contributed by atoms with E-state index in [-0.39, 0.29) is 5.82 Å². The van der Waals surface area contributed by atoms with Crippen LogP contribution in [-0.2, 0) is 6.42 Å². The molecule has 0 saturated carbocycles. The molecule has 78 valence electrons. The Bertz CT molecular complexity index is 477. The van der Waals surface area contributed by atoms with Crippen LogP contribution < -0.4 is 0 Å². The lowest BCUT2D eigenvalue weighted by atomic mass is 9.99. The van der Waals surface area contributed by atoms with Crippen molar-refractivity contribution in [3.8, 4) is 0 Å². The largest absolute Gasteiger partial charge is 0.256 e. The van der Waals surface area contributed by atoms with Crippen molar-refractivity contribution in [3.05, 3.63) is 41.8 Å². The number of nitrogens with zero attached hydrogens (tertiary/aromatic N) is 1. The van der Waals surface area contributed by atoms with Gasteiger partial charge in [-0.2, -0.15) is 0 Å². The van der Waals surface area contributed by atoms with Gasteiger partial charge in [0.05, 0.1) is 5.52 Å². The van der Waals surface area contributed by atoms with Crippen LogP contribution in [-0.4, -0.2) is 4.98 Å². The Kier molecular flexibility index (Phi) is 2.67. The van der Waals surface area contributed by atoms with Crippen LogP contribution in [0.3, 0.4) is 0 Å². The predicted molar refractivity (Wildman–Crippen MR) is 60.2 cm³/mol. The second kappa shape index (κ2) is 3.97. The normalized spacial score (nSPS) is 11.2. The first-order chi connectivity index (χ1) is 7.16. The fraction of sp³-hybridized carbons (Fsp3) is 0.308. The zero-order chi connectivity index (χ0) is 10.8.